The van der Waals surface area contributed by atoms with Crippen LogP contribution in [0.5, 0.6) is 0 Å². The van der Waals surface area contributed by atoms with Crippen molar-refractivity contribution in [2.75, 3.05) is 0 Å². The zero-order chi connectivity index (χ0) is 21.8. The Labute approximate surface area is 230 Å². The maximum atomic E-state index is 11.4. The second-order valence-corrected chi connectivity index (χ2v) is 10.5. The monoisotopic (exact) mass is 472 g/mol. The molecule has 0 saturated carbocycles. The van der Waals surface area contributed by atoms with Gasteiger partial charge in [0.25, 0.3) is 0 Å². The van der Waals surface area contributed by atoms with Crippen LogP contribution >= 0.6 is 0 Å². The zero-order valence-electron chi connectivity index (χ0n) is 20.4. The Morgan fingerprint density at radius 1 is 0.600 bits per heavy atom. The van der Waals surface area contributed by atoms with Crippen molar-refractivity contribution in [2.24, 2.45) is 0 Å². The fourth-order valence-electron chi connectivity index (χ4n) is 4.00. The van der Waals surface area contributed by atoms with Gasteiger partial charge in [0, 0.05) is 5.25 Å². The normalized spacial score (nSPS) is 13.7. The van der Waals surface area contributed by atoms with Crippen molar-refractivity contribution in [2.45, 2.75) is 154 Å². The van der Waals surface area contributed by atoms with Crippen LogP contribution in [0.15, 0.2) is 0 Å². The fourth-order valence-corrected chi connectivity index (χ4v) is 4.91. The summed E-state index contributed by atoms with van der Waals surface area (Å²) in [5.74, 6) is 0. The number of aliphatic hydroxyl groups excluding tert-OH is 1. The Hall–Kier alpha value is 1.51. The molecule has 1 N–H and O–H groups in total. The molecule has 0 rings (SSSR count). The van der Waals surface area contributed by atoms with Gasteiger partial charge in [-0.25, -0.2) is 8.42 Å². The van der Waals surface area contributed by atoms with Crippen molar-refractivity contribution in [3.63, 3.8) is 0 Å². The quantitative estimate of drug-likeness (QED) is 0.146. The Bertz CT molecular complexity index is 442. The van der Waals surface area contributed by atoms with E-state index in [1.165, 1.54) is 44.9 Å². The third-order valence-corrected chi connectivity index (χ3v) is 7.28. The molecular formula is C24H49KO4S. The summed E-state index contributed by atoms with van der Waals surface area (Å²) < 4.78 is 34.3. The van der Waals surface area contributed by atoms with Gasteiger partial charge in [-0.05, 0) is 25.7 Å². The Kier molecular flexibility index (Phi) is 26.6. The number of rotatable bonds is 22. The second kappa shape index (κ2) is 23.7. The predicted octanol–water partition coefficient (Wildman–Crippen LogP) is 4.11. The van der Waals surface area contributed by atoms with Crippen molar-refractivity contribution >= 4 is 10.1 Å². The molecule has 4 nitrogen and oxygen atoms in total. The molecule has 0 aliphatic rings. The Balaban J connectivity index is 0. The largest absolute Gasteiger partial charge is 1.00 e. The molecule has 0 aromatic heterocycles. The number of hydrogen-bond acceptors (Lipinski definition) is 4. The van der Waals surface area contributed by atoms with Gasteiger partial charge in [0.2, 0.25) is 0 Å². The minimum absolute atomic E-state index is 0. The van der Waals surface area contributed by atoms with Gasteiger partial charge in [-0.15, -0.1) is 0 Å². The van der Waals surface area contributed by atoms with E-state index in [0.717, 1.165) is 70.6 Å². The molecule has 176 valence electrons. The third-order valence-electron chi connectivity index (χ3n) is 5.99. The van der Waals surface area contributed by atoms with Crippen LogP contribution in [-0.2, 0) is 10.1 Å². The van der Waals surface area contributed by atoms with E-state index in [-0.39, 0.29) is 57.5 Å². The Morgan fingerprint density at radius 3 is 1.27 bits per heavy atom. The van der Waals surface area contributed by atoms with E-state index in [2.05, 4.69) is 13.8 Å². The fraction of sp³-hybridized carbons (Fsp3) is 1.00. The van der Waals surface area contributed by atoms with Gasteiger partial charge in [0.05, 0.1) is 16.2 Å². The average Bonchev–Trinajstić information content (AvgIpc) is 2.67. The van der Waals surface area contributed by atoms with Crippen molar-refractivity contribution in [3.8, 4) is 0 Å². The van der Waals surface area contributed by atoms with Crippen LogP contribution in [0.1, 0.15) is 142 Å². The molecule has 0 aromatic carbocycles. The SMILES string of the molecule is CCCCCCCC(O)CCCCCCCCCC(CCCCCC)S(=O)(=O)[O-].[K+]. The first-order valence-electron chi connectivity index (χ1n) is 12.5. The standard InChI is InChI=1S/C24H50O4S.K/c1-3-5-7-12-15-19-23(25)20-16-13-10-9-11-14-18-22-24(29(26,27)28)21-17-8-6-4-2;/h23-25H,3-22H2,1-2H3,(H,26,27,28);/q;+1/p-1. The van der Waals surface area contributed by atoms with Gasteiger partial charge in [0.15, 0.2) is 0 Å². The van der Waals surface area contributed by atoms with Crippen LogP contribution in [0, 0.1) is 0 Å². The summed E-state index contributed by atoms with van der Waals surface area (Å²) in [5.41, 5.74) is 0. The first kappa shape index (κ1) is 33.7. The van der Waals surface area contributed by atoms with Gasteiger partial charge in [-0.3, -0.25) is 0 Å². The summed E-state index contributed by atoms with van der Waals surface area (Å²) in [7, 11) is -4.15. The molecule has 30 heavy (non-hydrogen) atoms. The minimum Gasteiger partial charge on any atom is -0.748 e. The summed E-state index contributed by atoms with van der Waals surface area (Å²) in [6, 6.07) is 0. The smallest absolute Gasteiger partial charge is 0.748 e. The van der Waals surface area contributed by atoms with E-state index in [9.17, 15) is 18.1 Å². The molecule has 0 spiro atoms. The molecule has 0 aromatic rings. The van der Waals surface area contributed by atoms with Gasteiger partial charge in [-0.1, -0.05) is 117 Å². The maximum absolute atomic E-state index is 11.4. The van der Waals surface area contributed by atoms with E-state index in [4.69, 9.17) is 0 Å². The summed E-state index contributed by atoms with van der Waals surface area (Å²) in [6.45, 7) is 4.34. The average molecular weight is 473 g/mol. The van der Waals surface area contributed by atoms with Crippen LogP contribution in [0.4, 0.5) is 0 Å². The van der Waals surface area contributed by atoms with E-state index < -0.39 is 15.4 Å². The maximum Gasteiger partial charge on any atom is 1.00 e. The van der Waals surface area contributed by atoms with E-state index >= 15 is 0 Å². The van der Waals surface area contributed by atoms with Crippen molar-refractivity contribution in [1.29, 1.82) is 0 Å². The molecular weight excluding hydrogens is 423 g/mol. The van der Waals surface area contributed by atoms with Gasteiger partial charge >= 0.3 is 51.4 Å². The molecule has 2 unspecified atom stereocenters. The van der Waals surface area contributed by atoms with Crippen LogP contribution in [0.3, 0.4) is 0 Å². The number of unbranched alkanes of at least 4 members (excludes halogenated alkanes) is 13. The molecule has 0 amide bonds. The van der Waals surface area contributed by atoms with Crippen LogP contribution in [0.2, 0.25) is 0 Å². The van der Waals surface area contributed by atoms with Gasteiger partial charge < -0.3 is 9.66 Å². The van der Waals surface area contributed by atoms with Crippen LogP contribution in [-0.4, -0.2) is 29.4 Å². The van der Waals surface area contributed by atoms with Crippen molar-refractivity contribution < 1.29 is 69.5 Å². The number of aliphatic hydroxyl groups is 1. The molecule has 0 aliphatic carbocycles. The van der Waals surface area contributed by atoms with Crippen molar-refractivity contribution in [3.05, 3.63) is 0 Å². The zero-order valence-corrected chi connectivity index (χ0v) is 24.3. The molecule has 2 atom stereocenters. The summed E-state index contributed by atoms with van der Waals surface area (Å²) in [5, 5.41) is 9.33. The second-order valence-electron chi connectivity index (χ2n) is 8.87. The van der Waals surface area contributed by atoms with Crippen molar-refractivity contribution in [1.82, 2.24) is 0 Å². The predicted molar refractivity (Wildman–Crippen MR) is 123 cm³/mol. The summed E-state index contributed by atoms with van der Waals surface area (Å²) in [4.78, 5) is 0. The summed E-state index contributed by atoms with van der Waals surface area (Å²) >= 11 is 0. The van der Waals surface area contributed by atoms with Crippen LogP contribution in [0.25, 0.3) is 0 Å². The minimum atomic E-state index is -4.15. The third kappa shape index (κ3) is 22.7. The van der Waals surface area contributed by atoms with Crippen LogP contribution < -0.4 is 51.4 Å². The first-order chi connectivity index (χ1) is 13.9. The number of hydrogen-bond donors (Lipinski definition) is 1. The van der Waals surface area contributed by atoms with E-state index in [1.807, 2.05) is 0 Å². The van der Waals surface area contributed by atoms with E-state index in [0.29, 0.717) is 12.8 Å². The topological polar surface area (TPSA) is 77.4 Å². The van der Waals surface area contributed by atoms with Gasteiger partial charge in [0.1, 0.15) is 0 Å². The molecule has 0 radical (unpaired) electrons. The first-order valence-corrected chi connectivity index (χ1v) is 14.0. The van der Waals surface area contributed by atoms with E-state index in [1.54, 1.807) is 0 Å². The molecule has 0 fully saturated rings. The molecule has 6 heteroatoms. The Morgan fingerprint density at radius 2 is 0.900 bits per heavy atom. The molecule has 0 heterocycles. The van der Waals surface area contributed by atoms with Gasteiger partial charge in [-0.2, -0.15) is 0 Å². The molecule has 0 bridgehead atoms. The molecule has 0 aliphatic heterocycles. The summed E-state index contributed by atoms with van der Waals surface area (Å²) in [6.07, 6.45) is 20.8. The molecule has 0 saturated heterocycles.